The number of hydrogen-bond donors (Lipinski definition) is 2. The summed E-state index contributed by atoms with van der Waals surface area (Å²) in [5.74, 6) is 3.11. The summed E-state index contributed by atoms with van der Waals surface area (Å²) in [6.45, 7) is 7.38. The summed E-state index contributed by atoms with van der Waals surface area (Å²) in [4.78, 5) is 4.56. The summed E-state index contributed by atoms with van der Waals surface area (Å²) in [7, 11) is 3.55. The van der Waals surface area contributed by atoms with E-state index in [1.165, 1.54) is 0 Å². The van der Waals surface area contributed by atoms with Gasteiger partial charge in [-0.05, 0) is 31.0 Å². The molecule has 27 heavy (non-hydrogen) atoms. The van der Waals surface area contributed by atoms with Crippen molar-refractivity contribution < 1.29 is 4.74 Å². The maximum absolute atomic E-state index is 6.28. The Labute approximate surface area is 182 Å². The summed E-state index contributed by atoms with van der Waals surface area (Å²) < 4.78 is 7.09. The van der Waals surface area contributed by atoms with E-state index in [0.717, 1.165) is 29.4 Å². The first-order chi connectivity index (χ1) is 12.5. The van der Waals surface area contributed by atoms with Crippen molar-refractivity contribution in [3.63, 3.8) is 0 Å². The Morgan fingerprint density at radius 3 is 2.74 bits per heavy atom. The van der Waals surface area contributed by atoms with Crippen LogP contribution in [0.4, 0.5) is 0 Å². The lowest BCUT2D eigenvalue weighted by Crippen LogP contribution is -2.38. The van der Waals surface area contributed by atoms with Crippen molar-refractivity contribution in [1.82, 2.24) is 25.4 Å². The molecule has 0 amide bonds. The van der Waals surface area contributed by atoms with Gasteiger partial charge in [0.2, 0.25) is 0 Å². The van der Waals surface area contributed by atoms with Crippen LogP contribution in [0.2, 0.25) is 5.02 Å². The number of nitrogens with one attached hydrogen (secondary N) is 2. The molecule has 0 atom stereocenters. The standard InChI is InChI=1S/C18H25ClN6O.HI/c1-5-9-20-18(22-12-17-24-23-13(2)25(17)3)21-10-8-14-6-7-15(26-4)11-16(14)19;/h5-7,11H,1,8-10,12H2,2-4H3,(H2,20,21,22);1H. The second-order valence-corrected chi connectivity index (χ2v) is 6.10. The number of nitrogens with zero attached hydrogens (tertiary/aromatic N) is 4. The molecule has 0 aliphatic carbocycles. The predicted octanol–water partition coefficient (Wildman–Crippen LogP) is 2.87. The van der Waals surface area contributed by atoms with Gasteiger partial charge in [-0.25, -0.2) is 4.99 Å². The Morgan fingerprint density at radius 2 is 2.15 bits per heavy atom. The van der Waals surface area contributed by atoms with Gasteiger partial charge in [0.05, 0.1) is 7.11 Å². The molecule has 2 aromatic rings. The fourth-order valence-electron chi connectivity index (χ4n) is 2.25. The number of benzene rings is 1. The van der Waals surface area contributed by atoms with Crippen molar-refractivity contribution in [1.29, 1.82) is 0 Å². The molecule has 0 aliphatic heterocycles. The van der Waals surface area contributed by atoms with Crippen molar-refractivity contribution in [3.05, 3.63) is 53.1 Å². The van der Waals surface area contributed by atoms with Gasteiger partial charge in [-0.3, -0.25) is 0 Å². The second kappa shape index (κ2) is 11.8. The molecule has 0 aliphatic rings. The maximum atomic E-state index is 6.28. The van der Waals surface area contributed by atoms with Crippen LogP contribution in [-0.2, 0) is 20.0 Å². The zero-order chi connectivity index (χ0) is 18.9. The van der Waals surface area contributed by atoms with Gasteiger partial charge in [0, 0.05) is 25.2 Å². The van der Waals surface area contributed by atoms with E-state index in [4.69, 9.17) is 16.3 Å². The summed E-state index contributed by atoms with van der Waals surface area (Å²) in [5.41, 5.74) is 1.05. The van der Waals surface area contributed by atoms with Gasteiger partial charge in [0.25, 0.3) is 0 Å². The Balaban J connectivity index is 0.00000364. The molecular weight excluding hydrogens is 479 g/mol. The number of halogens is 2. The molecule has 0 spiro atoms. The Kier molecular flexibility index (Phi) is 10.2. The summed E-state index contributed by atoms with van der Waals surface area (Å²) in [6, 6.07) is 5.69. The van der Waals surface area contributed by atoms with Crippen molar-refractivity contribution in [2.75, 3.05) is 20.2 Å². The largest absolute Gasteiger partial charge is 0.497 e. The van der Waals surface area contributed by atoms with Crippen LogP contribution in [0.15, 0.2) is 35.8 Å². The number of hydrogen-bond acceptors (Lipinski definition) is 4. The molecule has 2 rings (SSSR count). The van der Waals surface area contributed by atoms with E-state index in [1.54, 1.807) is 13.2 Å². The number of aliphatic imine (C=N–C) groups is 1. The number of aromatic nitrogens is 3. The fourth-order valence-corrected chi connectivity index (χ4v) is 2.52. The normalized spacial score (nSPS) is 10.9. The summed E-state index contributed by atoms with van der Waals surface area (Å²) >= 11 is 6.28. The molecule has 0 fully saturated rings. The topological polar surface area (TPSA) is 76.4 Å². The monoisotopic (exact) mass is 504 g/mol. The zero-order valence-corrected chi connectivity index (χ0v) is 18.9. The van der Waals surface area contributed by atoms with Crippen LogP contribution in [0.25, 0.3) is 0 Å². The highest BCUT2D eigenvalue weighted by molar-refractivity contribution is 14.0. The molecule has 2 N–H and O–H groups in total. The minimum absolute atomic E-state index is 0. The van der Waals surface area contributed by atoms with E-state index >= 15 is 0 Å². The molecule has 0 bridgehead atoms. The lowest BCUT2D eigenvalue weighted by Gasteiger charge is -2.12. The lowest BCUT2D eigenvalue weighted by molar-refractivity contribution is 0.414. The summed E-state index contributed by atoms with van der Waals surface area (Å²) in [5, 5.41) is 15.4. The number of guanidine groups is 1. The molecule has 0 unspecified atom stereocenters. The lowest BCUT2D eigenvalue weighted by atomic mass is 10.1. The van der Waals surface area contributed by atoms with Gasteiger partial charge < -0.3 is 19.9 Å². The van der Waals surface area contributed by atoms with E-state index in [2.05, 4.69) is 32.4 Å². The van der Waals surface area contributed by atoms with Gasteiger partial charge in [-0.1, -0.05) is 23.7 Å². The van der Waals surface area contributed by atoms with Gasteiger partial charge in [-0.2, -0.15) is 0 Å². The quantitative estimate of drug-likeness (QED) is 0.250. The highest BCUT2D eigenvalue weighted by Gasteiger charge is 2.06. The van der Waals surface area contributed by atoms with Crippen molar-refractivity contribution in [3.8, 4) is 5.75 Å². The third-order valence-electron chi connectivity index (χ3n) is 3.92. The van der Waals surface area contributed by atoms with E-state index in [9.17, 15) is 0 Å². The molecule has 0 saturated carbocycles. The highest BCUT2D eigenvalue weighted by Crippen LogP contribution is 2.22. The van der Waals surface area contributed by atoms with Gasteiger partial charge in [-0.15, -0.1) is 40.8 Å². The number of rotatable bonds is 8. The number of ether oxygens (including phenoxy) is 1. The molecule has 0 radical (unpaired) electrons. The average Bonchev–Trinajstić information content (AvgIpc) is 2.96. The van der Waals surface area contributed by atoms with Crippen LogP contribution in [0.3, 0.4) is 0 Å². The van der Waals surface area contributed by atoms with Crippen molar-refractivity contribution >= 4 is 41.5 Å². The first-order valence-corrected chi connectivity index (χ1v) is 8.73. The minimum Gasteiger partial charge on any atom is -0.497 e. The molecular formula is C18H26ClIN6O. The molecule has 1 aromatic heterocycles. The van der Waals surface area contributed by atoms with E-state index < -0.39 is 0 Å². The van der Waals surface area contributed by atoms with Crippen molar-refractivity contribution in [2.45, 2.75) is 19.9 Å². The first-order valence-electron chi connectivity index (χ1n) is 8.35. The Bertz CT molecular complexity index is 777. The van der Waals surface area contributed by atoms with Crippen LogP contribution >= 0.6 is 35.6 Å². The maximum Gasteiger partial charge on any atom is 0.191 e. The first kappa shape index (κ1) is 23.2. The second-order valence-electron chi connectivity index (χ2n) is 5.69. The molecule has 1 heterocycles. The Hall–Kier alpha value is -1.81. The fraction of sp³-hybridized carbons (Fsp3) is 0.389. The SMILES string of the molecule is C=CCNC(=NCc1nnc(C)n1C)NCCc1ccc(OC)cc1Cl.I. The van der Waals surface area contributed by atoms with Crippen molar-refractivity contribution in [2.24, 2.45) is 12.0 Å². The molecule has 148 valence electrons. The van der Waals surface area contributed by atoms with Gasteiger partial charge in [0.15, 0.2) is 11.8 Å². The highest BCUT2D eigenvalue weighted by atomic mass is 127. The molecule has 9 heteroatoms. The van der Waals surface area contributed by atoms with E-state index in [1.807, 2.05) is 36.7 Å². The van der Waals surface area contributed by atoms with Gasteiger partial charge >= 0.3 is 0 Å². The number of methoxy groups -OCH3 is 1. The van der Waals surface area contributed by atoms with Crippen LogP contribution < -0.4 is 15.4 Å². The molecule has 7 nitrogen and oxygen atoms in total. The number of aryl methyl sites for hydroxylation is 1. The van der Waals surface area contributed by atoms with Crippen LogP contribution in [-0.4, -0.2) is 40.9 Å². The minimum atomic E-state index is 0. The van der Waals surface area contributed by atoms with Crippen LogP contribution in [0.5, 0.6) is 5.75 Å². The smallest absolute Gasteiger partial charge is 0.191 e. The zero-order valence-electron chi connectivity index (χ0n) is 15.8. The third kappa shape index (κ3) is 7.02. The average molecular weight is 505 g/mol. The molecule has 0 saturated heterocycles. The van der Waals surface area contributed by atoms with Crippen LogP contribution in [0.1, 0.15) is 17.2 Å². The van der Waals surface area contributed by atoms with Gasteiger partial charge in [0.1, 0.15) is 18.1 Å². The molecule has 1 aromatic carbocycles. The predicted molar refractivity (Wildman–Crippen MR) is 120 cm³/mol. The third-order valence-corrected chi connectivity index (χ3v) is 4.27. The van der Waals surface area contributed by atoms with Crippen LogP contribution in [0, 0.1) is 6.92 Å². The van der Waals surface area contributed by atoms with E-state index in [0.29, 0.717) is 30.6 Å². The Morgan fingerprint density at radius 1 is 1.37 bits per heavy atom. The van der Waals surface area contributed by atoms with E-state index in [-0.39, 0.29) is 24.0 Å². The summed E-state index contributed by atoms with van der Waals surface area (Å²) in [6.07, 6.45) is 2.55.